The van der Waals surface area contributed by atoms with E-state index in [0.717, 1.165) is 44.6 Å². The maximum Gasteiger partial charge on any atom is 0.410 e. The van der Waals surface area contributed by atoms with Gasteiger partial charge >= 0.3 is 6.09 Å². The minimum absolute atomic E-state index is 0.205. The molecule has 6 heteroatoms. The molecule has 0 aromatic carbocycles. The van der Waals surface area contributed by atoms with Crippen LogP contribution in [0.15, 0.2) is 18.6 Å². The Balaban J connectivity index is 1.78. The topological polar surface area (TPSA) is 67.3 Å². The molecule has 1 atom stereocenters. The quantitative estimate of drug-likeness (QED) is 0.928. The van der Waals surface area contributed by atoms with Crippen LogP contribution >= 0.6 is 0 Å². The zero-order chi connectivity index (χ0) is 16.0. The maximum absolute atomic E-state index is 12.1. The van der Waals surface area contributed by atoms with Crippen molar-refractivity contribution < 1.29 is 9.53 Å². The van der Waals surface area contributed by atoms with Gasteiger partial charge in [-0.3, -0.25) is 0 Å². The Kier molecular flexibility index (Phi) is 5.71. The first kappa shape index (κ1) is 16.7. The molecule has 122 valence electrons. The highest BCUT2D eigenvalue weighted by Crippen LogP contribution is 2.15. The van der Waals surface area contributed by atoms with E-state index in [4.69, 9.17) is 4.74 Å². The summed E-state index contributed by atoms with van der Waals surface area (Å²) in [4.78, 5) is 22.1. The van der Waals surface area contributed by atoms with Gasteiger partial charge in [0.25, 0.3) is 0 Å². The average molecular weight is 306 g/mol. The second-order valence-corrected chi connectivity index (χ2v) is 6.68. The minimum Gasteiger partial charge on any atom is -0.444 e. The summed E-state index contributed by atoms with van der Waals surface area (Å²) in [6.07, 6.45) is 6.09. The number of likely N-dealkylation sites (tertiary alicyclic amines) is 1. The number of ether oxygens (including phenoxy) is 1. The lowest BCUT2D eigenvalue weighted by Gasteiger charge is -2.26. The van der Waals surface area contributed by atoms with Crippen molar-refractivity contribution in [2.45, 2.75) is 58.2 Å². The van der Waals surface area contributed by atoms with Gasteiger partial charge < -0.3 is 15.0 Å². The summed E-state index contributed by atoms with van der Waals surface area (Å²) in [7, 11) is 0. The summed E-state index contributed by atoms with van der Waals surface area (Å²) in [6, 6.07) is 2.32. The molecule has 2 heterocycles. The molecule has 6 nitrogen and oxygen atoms in total. The third-order valence-electron chi connectivity index (χ3n) is 3.59. The molecule has 1 saturated heterocycles. The fraction of sp³-hybridized carbons (Fsp3) is 0.688. The van der Waals surface area contributed by atoms with Crippen molar-refractivity contribution in [3.63, 3.8) is 0 Å². The average Bonchev–Trinajstić information content (AvgIpc) is 2.70. The smallest absolute Gasteiger partial charge is 0.410 e. The van der Waals surface area contributed by atoms with Crippen molar-refractivity contribution in [3.05, 3.63) is 24.3 Å². The Labute approximate surface area is 132 Å². The van der Waals surface area contributed by atoms with Gasteiger partial charge in [0.15, 0.2) is 0 Å². The van der Waals surface area contributed by atoms with E-state index in [9.17, 15) is 4.79 Å². The zero-order valence-corrected chi connectivity index (χ0v) is 13.7. The van der Waals surface area contributed by atoms with Crippen molar-refractivity contribution in [1.82, 2.24) is 20.2 Å². The number of hydrogen-bond donors (Lipinski definition) is 1. The molecule has 1 N–H and O–H groups in total. The molecule has 0 radical (unpaired) electrons. The highest BCUT2D eigenvalue weighted by atomic mass is 16.6. The molecule has 1 aromatic rings. The van der Waals surface area contributed by atoms with Crippen molar-refractivity contribution in [2.24, 2.45) is 0 Å². The lowest BCUT2D eigenvalue weighted by Crippen LogP contribution is -2.38. The second-order valence-electron chi connectivity index (χ2n) is 6.68. The third-order valence-corrected chi connectivity index (χ3v) is 3.59. The predicted molar refractivity (Wildman–Crippen MR) is 84.3 cm³/mol. The van der Waals surface area contributed by atoms with Crippen LogP contribution in [0.1, 0.15) is 45.7 Å². The SMILES string of the molecule is CC(C)(C)OC(=O)N1CCCC(NCc2ccncn2)CC1. The lowest BCUT2D eigenvalue weighted by molar-refractivity contribution is 0.0256. The van der Waals surface area contributed by atoms with Crippen molar-refractivity contribution in [3.8, 4) is 0 Å². The number of aromatic nitrogens is 2. The third kappa shape index (κ3) is 5.60. The first-order valence-corrected chi connectivity index (χ1v) is 7.90. The normalized spacial score (nSPS) is 19.6. The van der Waals surface area contributed by atoms with E-state index < -0.39 is 5.60 Å². The highest BCUT2D eigenvalue weighted by Gasteiger charge is 2.24. The lowest BCUT2D eigenvalue weighted by atomic mass is 10.1. The number of carbonyl (C=O) groups is 1. The van der Waals surface area contributed by atoms with Gasteiger partial charge in [-0.25, -0.2) is 14.8 Å². The number of amides is 1. The largest absolute Gasteiger partial charge is 0.444 e. The fourth-order valence-corrected chi connectivity index (χ4v) is 2.48. The number of nitrogens with zero attached hydrogens (tertiary/aromatic N) is 3. The summed E-state index contributed by atoms with van der Waals surface area (Å²) >= 11 is 0. The molecule has 2 rings (SSSR count). The summed E-state index contributed by atoms with van der Waals surface area (Å²) in [5.41, 5.74) is 0.553. The van der Waals surface area contributed by atoms with Gasteiger partial charge in [-0.05, 0) is 46.1 Å². The standard InChI is InChI=1S/C16H26N4O2/c1-16(2,3)22-15(21)20-9-4-5-13(7-10-20)18-11-14-6-8-17-12-19-14/h6,8,12-13,18H,4-5,7,9-11H2,1-3H3. The van der Waals surface area contributed by atoms with Crippen LogP contribution < -0.4 is 5.32 Å². The molecule has 22 heavy (non-hydrogen) atoms. The Hall–Kier alpha value is -1.69. The molecule has 1 aliphatic heterocycles. The Morgan fingerprint density at radius 2 is 2.23 bits per heavy atom. The molecule has 1 amide bonds. The van der Waals surface area contributed by atoms with Crippen LogP contribution in [0.25, 0.3) is 0 Å². The first-order valence-electron chi connectivity index (χ1n) is 7.90. The molecule has 1 unspecified atom stereocenters. The monoisotopic (exact) mass is 306 g/mol. The molecule has 0 spiro atoms. The van der Waals surface area contributed by atoms with Gasteiger partial charge in [-0.15, -0.1) is 0 Å². The van der Waals surface area contributed by atoms with E-state index in [0.29, 0.717) is 6.04 Å². The molecule has 0 bridgehead atoms. The molecule has 1 fully saturated rings. The Morgan fingerprint density at radius 1 is 1.41 bits per heavy atom. The Morgan fingerprint density at radius 3 is 2.91 bits per heavy atom. The van der Waals surface area contributed by atoms with Crippen LogP contribution in [-0.4, -0.2) is 45.7 Å². The van der Waals surface area contributed by atoms with Crippen LogP contribution in [0.5, 0.6) is 0 Å². The highest BCUT2D eigenvalue weighted by molar-refractivity contribution is 5.68. The van der Waals surface area contributed by atoms with Crippen LogP contribution in [0.3, 0.4) is 0 Å². The Bertz CT molecular complexity index is 473. The summed E-state index contributed by atoms with van der Waals surface area (Å²) in [6.45, 7) is 7.93. The molecule has 1 aliphatic rings. The van der Waals surface area contributed by atoms with Crippen LogP contribution in [0.4, 0.5) is 4.79 Å². The summed E-state index contributed by atoms with van der Waals surface area (Å²) in [5, 5.41) is 3.52. The molecule has 0 aliphatic carbocycles. The zero-order valence-electron chi connectivity index (χ0n) is 13.7. The van der Waals surface area contributed by atoms with Gasteiger partial charge in [-0.2, -0.15) is 0 Å². The van der Waals surface area contributed by atoms with Crippen molar-refractivity contribution in [2.75, 3.05) is 13.1 Å². The molecular weight excluding hydrogens is 280 g/mol. The first-order chi connectivity index (χ1) is 10.4. The summed E-state index contributed by atoms with van der Waals surface area (Å²) in [5.74, 6) is 0. The van der Waals surface area contributed by atoms with Gasteiger partial charge in [-0.1, -0.05) is 0 Å². The number of nitrogens with one attached hydrogen (secondary N) is 1. The van der Waals surface area contributed by atoms with Gasteiger partial charge in [0, 0.05) is 31.9 Å². The van der Waals surface area contributed by atoms with Gasteiger partial charge in [0.1, 0.15) is 11.9 Å². The van der Waals surface area contributed by atoms with Crippen LogP contribution in [0.2, 0.25) is 0 Å². The van der Waals surface area contributed by atoms with E-state index in [2.05, 4.69) is 15.3 Å². The van der Waals surface area contributed by atoms with Crippen molar-refractivity contribution in [1.29, 1.82) is 0 Å². The van der Waals surface area contributed by atoms with Crippen molar-refractivity contribution >= 4 is 6.09 Å². The summed E-state index contributed by atoms with van der Waals surface area (Å²) < 4.78 is 5.45. The maximum atomic E-state index is 12.1. The number of rotatable bonds is 3. The fourth-order valence-electron chi connectivity index (χ4n) is 2.48. The number of hydrogen-bond acceptors (Lipinski definition) is 5. The van der Waals surface area contributed by atoms with E-state index >= 15 is 0 Å². The van der Waals surface area contributed by atoms with Gasteiger partial charge in [0.2, 0.25) is 0 Å². The molecule has 0 saturated carbocycles. The second kappa shape index (κ2) is 7.54. The van der Waals surface area contributed by atoms with Gasteiger partial charge in [0.05, 0.1) is 5.69 Å². The van der Waals surface area contributed by atoms with Crippen LogP contribution in [-0.2, 0) is 11.3 Å². The molecule has 1 aromatic heterocycles. The van der Waals surface area contributed by atoms with E-state index in [1.54, 1.807) is 12.5 Å². The van der Waals surface area contributed by atoms with Crippen LogP contribution in [0, 0.1) is 0 Å². The molecular formula is C16H26N4O2. The number of carbonyl (C=O) groups excluding carboxylic acids is 1. The van der Waals surface area contributed by atoms with E-state index in [1.165, 1.54) is 0 Å². The van der Waals surface area contributed by atoms with E-state index in [1.807, 2.05) is 31.7 Å². The van der Waals surface area contributed by atoms with E-state index in [-0.39, 0.29) is 6.09 Å². The predicted octanol–water partition coefficient (Wildman–Crippen LogP) is 2.36. The minimum atomic E-state index is -0.436.